The third kappa shape index (κ3) is 29.2. The molecule has 0 bridgehead atoms. The van der Waals surface area contributed by atoms with Gasteiger partial charge in [-0.05, 0) is 69.1 Å². The van der Waals surface area contributed by atoms with Crippen LogP contribution in [0.3, 0.4) is 0 Å². The summed E-state index contributed by atoms with van der Waals surface area (Å²) >= 11 is 0. The molecule has 13 nitrogen and oxygen atoms in total. The molecule has 13 heteroatoms. The number of hydrogen-bond acceptors (Lipinski definition) is 13. The minimum atomic E-state index is -0.883. The molecule has 12 atom stereocenters. The van der Waals surface area contributed by atoms with Crippen LogP contribution in [-0.4, -0.2) is 101 Å². The van der Waals surface area contributed by atoms with Crippen molar-refractivity contribution >= 4 is 35.1 Å². The smallest absolute Gasteiger partial charge is 0.305 e. The van der Waals surface area contributed by atoms with E-state index in [2.05, 4.69) is 13.8 Å². The second kappa shape index (κ2) is 40.6. The number of Topliss-reactive ketones (excluding diaryl/α,β-unsaturated/α-hetero) is 4. The van der Waals surface area contributed by atoms with Crippen molar-refractivity contribution in [1.29, 1.82) is 0 Å². The molecule has 2 aliphatic rings. The Labute approximate surface area is 449 Å². The van der Waals surface area contributed by atoms with Crippen LogP contribution in [0.1, 0.15) is 267 Å². The van der Waals surface area contributed by atoms with E-state index in [1.807, 2.05) is 27.7 Å². The maximum atomic E-state index is 14.2. The summed E-state index contributed by atoms with van der Waals surface area (Å²) in [4.78, 5) is 79.9. The molecular formula is C61H108O13. The lowest BCUT2D eigenvalue weighted by molar-refractivity contribution is -0.260. The third-order valence-corrected chi connectivity index (χ3v) is 16.0. The largest absolute Gasteiger partial charge is 0.462 e. The van der Waals surface area contributed by atoms with Crippen LogP contribution in [0.4, 0.5) is 0 Å². The first-order chi connectivity index (χ1) is 35.6. The highest BCUT2D eigenvalue weighted by atomic mass is 16.7. The van der Waals surface area contributed by atoms with Crippen LogP contribution in [0.2, 0.25) is 0 Å². The summed E-state index contributed by atoms with van der Waals surface area (Å²) in [7, 11) is 0. The molecule has 0 radical (unpaired) electrons. The quantitative estimate of drug-likeness (QED) is 0.0433. The van der Waals surface area contributed by atoms with Crippen LogP contribution in [0.25, 0.3) is 0 Å². The van der Waals surface area contributed by atoms with Crippen molar-refractivity contribution in [2.24, 2.45) is 29.6 Å². The van der Waals surface area contributed by atoms with Gasteiger partial charge in [-0.2, -0.15) is 0 Å². The molecule has 0 aromatic heterocycles. The van der Waals surface area contributed by atoms with Gasteiger partial charge < -0.3 is 33.9 Å². The molecule has 0 aliphatic carbocycles. The number of rotatable bonds is 45. The molecule has 0 aromatic rings. The predicted molar refractivity (Wildman–Crippen MR) is 291 cm³/mol. The first kappa shape index (κ1) is 67.5. The molecule has 0 amide bonds. The van der Waals surface area contributed by atoms with Crippen LogP contribution in [0, 0.1) is 29.6 Å². The van der Waals surface area contributed by atoms with Crippen LogP contribution >= 0.6 is 0 Å². The third-order valence-electron chi connectivity index (χ3n) is 16.0. The number of carbonyl (C=O) groups is 6. The SMILES string of the molecule is CCCCCCCCCCCC(O)CC(=O)CC1CC(COC2OC(C)C(C)C(CC(=O)CC(CCCCCCCCCCC)OC(=O)CC)C2CC(=O)CC(CC)OC(=O)CC)OCC1CC(=O)CC(O)CC. The fourth-order valence-electron chi connectivity index (χ4n) is 11.0. The number of unbranched alkanes of at least 4 members (excludes halogenated alkanes) is 16. The van der Waals surface area contributed by atoms with Crippen molar-refractivity contribution in [3.63, 3.8) is 0 Å². The Morgan fingerprint density at radius 3 is 1.50 bits per heavy atom. The lowest BCUT2D eigenvalue weighted by Crippen LogP contribution is -2.49. The van der Waals surface area contributed by atoms with E-state index < -0.39 is 42.7 Å². The lowest BCUT2D eigenvalue weighted by atomic mass is 9.72. The van der Waals surface area contributed by atoms with Gasteiger partial charge in [0.2, 0.25) is 0 Å². The second-order valence-electron chi connectivity index (χ2n) is 22.5. The van der Waals surface area contributed by atoms with Gasteiger partial charge in [-0.25, -0.2) is 0 Å². The molecular weight excluding hydrogens is 941 g/mol. The number of hydrogen-bond donors (Lipinski definition) is 2. The van der Waals surface area contributed by atoms with Gasteiger partial charge in [0.1, 0.15) is 35.3 Å². The maximum Gasteiger partial charge on any atom is 0.305 e. The normalized spacial score (nSPS) is 23.6. The molecule has 0 aromatic carbocycles. The summed E-state index contributed by atoms with van der Waals surface area (Å²) in [6.45, 7) is 15.9. The summed E-state index contributed by atoms with van der Waals surface area (Å²) in [5, 5.41) is 21.2. The van der Waals surface area contributed by atoms with Crippen LogP contribution in [-0.2, 0) is 52.5 Å². The number of aliphatic hydroxyl groups is 2. The molecule has 2 N–H and O–H groups in total. The molecule has 430 valence electrons. The van der Waals surface area contributed by atoms with Gasteiger partial charge in [0.25, 0.3) is 0 Å². The highest BCUT2D eigenvalue weighted by Crippen LogP contribution is 2.42. The zero-order chi connectivity index (χ0) is 54.7. The molecule has 2 rings (SSSR count). The van der Waals surface area contributed by atoms with Crippen LogP contribution in [0.5, 0.6) is 0 Å². The number of ketones is 4. The summed E-state index contributed by atoms with van der Waals surface area (Å²) in [6, 6.07) is 0. The van der Waals surface area contributed by atoms with Gasteiger partial charge in [0.05, 0.1) is 37.6 Å². The summed E-state index contributed by atoms with van der Waals surface area (Å²) < 4.78 is 31.1. The first-order valence-corrected chi connectivity index (χ1v) is 30.3. The van der Waals surface area contributed by atoms with E-state index in [0.717, 1.165) is 38.5 Å². The Bertz CT molecular complexity index is 1550. The van der Waals surface area contributed by atoms with Gasteiger partial charge in [-0.3, -0.25) is 28.8 Å². The molecule has 2 heterocycles. The van der Waals surface area contributed by atoms with E-state index in [4.69, 9.17) is 23.7 Å². The molecule has 74 heavy (non-hydrogen) atoms. The minimum absolute atomic E-state index is 0.0224. The lowest BCUT2D eigenvalue weighted by Gasteiger charge is -2.45. The van der Waals surface area contributed by atoms with Gasteiger partial charge in [-0.1, -0.05) is 158 Å². The average Bonchev–Trinajstić information content (AvgIpc) is 3.36. The van der Waals surface area contributed by atoms with Crippen molar-refractivity contribution in [2.75, 3.05) is 13.2 Å². The van der Waals surface area contributed by atoms with Gasteiger partial charge in [0.15, 0.2) is 6.29 Å². The van der Waals surface area contributed by atoms with Crippen molar-refractivity contribution in [2.45, 2.75) is 310 Å². The summed E-state index contributed by atoms with van der Waals surface area (Å²) in [5.74, 6) is -2.46. The van der Waals surface area contributed by atoms with Crippen molar-refractivity contribution < 1.29 is 62.7 Å². The van der Waals surface area contributed by atoms with E-state index in [0.29, 0.717) is 32.1 Å². The fraction of sp³-hybridized carbons (Fsp3) is 0.902. The Kier molecular flexibility index (Phi) is 37.1. The highest BCUT2D eigenvalue weighted by molar-refractivity contribution is 5.82. The highest BCUT2D eigenvalue weighted by Gasteiger charge is 2.45. The van der Waals surface area contributed by atoms with E-state index in [1.165, 1.54) is 77.0 Å². The second-order valence-corrected chi connectivity index (χ2v) is 22.5. The van der Waals surface area contributed by atoms with Crippen molar-refractivity contribution in [3.05, 3.63) is 0 Å². The number of aliphatic hydroxyl groups excluding tert-OH is 2. The Hall–Kier alpha value is -2.58. The van der Waals surface area contributed by atoms with Crippen LogP contribution < -0.4 is 0 Å². The van der Waals surface area contributed by atoms with Gasteiger partial charge in [0, 0.05) is 70.1 Å². The van der Waals surface area contributed by atoms with E-state index >= 15 is 0 Å². The maximum absolute atomic E-state index is 14.2. The van der Waals surface area contributed by atoms with Crippen molar-refractivity contribution in [3.8, 4) is 0 Å². The van der Waals surface area contributed by atoms with Crippen LogP contribution in [0.15, 0.2) is 0 Å². The van der Waals surface area contributed by atoms with E-state index in [-0.39, 0.29) is 142 Å². The standard InChI is InChI=1S/C61H108O13/c1-9-15-17-19-21-23-25-27-29-31-49(63)37-50(64)33-46-35-56(70-42-47(46)34-51(65)36-48(62)11-3)43-71-61-58(41-52(66)38-54(12-4)73-59(68)13-5)57(44(7)45(8)72-61)40-53(67)39-55(74-60(69)14-6)32-30-28-26-24-22-20-18-16-10-2/h44-49,54-58,61-63H,9-43H2,1-8H3. The molecule has 2 fully saturated rings. The predicted octanol–water partition coefficient (Wildman–Crippen LogP) is 13.1. The topological polar surface area (TPSA) is 189 Å². The van der Waals surface area contributed by atoms with Crippen molar-refractivity contribution in [1.82, 2.24) is 0 Å². The Morgan fingerprint density at radius 2 is 0.973 bits per heavy atom. The molecule has 2 aliphatic heterocycles. The number of ether oxygens (including phenoxy) is 5. The minimum Gasteiger partial charge on any atom is -0.462 e. The fourth-order valence-corrected chi connectivity index (χ4v) is 11.0. The monoisotopic (exact) mass is 1050 g/mol. The number of esters is 2. The number of carbonyl (C=O) groups excluding carboxylic acids is 6. The van der Waals surface area contributed by atoms with E-state index in [1.54, 1.807) is 13.8 Å². The Balaban J connectivity index is 2.26. The summed E-state index contributed by atoms with van der Waals surface area (Å²) in [5.41, 5.74) is 0. The first-order valence-electron chi connectivity index (χ1n) is 30.3. The summed E-state index contributed by atoms with van der Waals surface area (Å²) in [6.07, 6.45) is 20.5. The molecule has 0 spiro atoms. The van der Waals surface area contributed by atoms with Gasteiger partial charge in [-0.15, -0.1) is 0 Å². The molecule has 12 unspecified atom stereocenters. The zero-order valence-electron chi connectivity index (χ0n) is 48.1. The zero-order valence-corrected chi connectivity index (χ0v) is 48.1. The average molecular weight is 1050 g/mol. The Morgan fingerprint density at radius 1 is 0.514 bits per heavy atom. The van der Waals surface area contributed by atoms with Gasteiger partial charge >= 0.3 is 11.9 Å². The van der Waals surface area contributed by atoms with E-state index in [9.17, 15) is 39.0 Å². The molecule has 2 saturated heterocycles. The molecule has 0 saturated carbocycles.